The van der Waals surface area contributed by atoms with Crippen molar-refractivity contribution in [3.05, 3.63) is 47.5 Å². The smallest absolute Gasteiger partial charge is 0.195 e. The zero-order valence-electron chi connectivity index (χ0n) is 12.8. The highest BCUT2D eigenvalue weighted by atomic mass is 35.5. The Balaban J connectivity index is 2.38. The summed E-state index contributed by atoms with van der Waals surface area (Å²) in [5.74, 6) is 0.895. The molecule has 0 N–H and O–H groups in total. The minimum Gasteiger partial charge on any atom is -0.349 e. The molecule has 1 heterocycles. The van der Waals surface area contributed by atoms with Gasteiger partial charge in [0.05, 0.1) is 18.6 Å². The van der Waals surface area contributed by atoms with Crippen molar-refractivity contribution in [1.29, 1.82) is 0 Å². The van der Waals surface area contributed by atoms with Crippen molar-refractivity contribution in [2.75, 3.05) is 28.2 Å². The first-order valence-corrected chi connectivity index (χ1v) is 7.03. The maximum atomic E-state index is 6.36. The highest BCUT2D eigenvalue weighted by molar-refractivity contribution is 6.31. The molecule has 21 heavy (non-hydrogen) atoms. The van der Waals surface area contributed by atoms with E-state index in [0.29, 0.717) is 11.6 Å². The summed E-state index contributed by atoms with van der Waals surface area (Å²) in [6.45, 7) is 0.513. The monoisotopic (exact) mass is 305 g/mol. The van der Waals surface area contributed by atoms with Gasteiger partial charge in [-0.25, -0.2) is 9.98 Å². The molecule has 0 saturated carbocycles. The van der Waals surface area contributed by atoms with Crippen molar-refractivity contribution in [1.82, 2.24) is 19.4 Å². The second-order valence-corrected chi connectivity index (χ2v) is 5.52. The summed E-state index contributed by atoms with van der Waals surface area (Å²) < 4.78 is 1.95. The predicted octanol–water partition coefficient (Wildman–Crippen LogP) is 2.50. The summed E-state index contributed by atoms with van der Waals surface area (Å²) in [5.41, 5.74) is 1.99. The van der Waals surface area contributed by atoms with Crippen LogP contribution in [0.15, 0.2) is 41.9 Å². The molecule has 1 aromatic carbocycles. The second kappa shape index (κ2) is 6.63. The van der Waals surface area contributed by atoms with Gasteiger partial charge in [0.2, 0.25) is 0 Å². The average Bonchev–Trinajstić information content (AvgIpc) is 2.93. The third-order valence-corrected chi connectivity index (χ3v) is 3.41. The average molecular weight is 306 g/mol. The quantitative estimate of drug-likeness (QED) is 0.646. The first-order chi connectivity index (χ1) is 10.0. The van der Waals surface area contributed by atoms with Crippen LogP contribution in [-0.2, 0) is 6.54 Å². The fourth-order valence-corrected chi connectivity index (χ4v) is 2.41. The Morgan fingerprint density at radius 1 is 1.24 bits per heavy atom. The first kappa shape index (κ1) is 15.4. The van der Waals surface area contributed by atoms with Crippen LogP contribution in [0.3, 0.4) is 0 Å². The van der Waals surface area contributed by atoms with Gasteiger partial charge in [0.15, 0.2) is 5.96 Å². The highest BCUT2D eigenvalue weighted by Crippen LogP contribution is 2.24. The molecule has 0 saturated heterocycles. The van der Waals surface area contributed by atoms with Gasteiger partial charge in [-0.2, -0.15) is 0 Å². The molecule has 112 valence electrons. The van der Waals surface area contributed by atoms with E-state index in [4.69, 9.17) is 11.6 Å². The number of nitrogens with zero attached hydrogens (tertiary/aromatic N) is 5. The summed E-state index contributed by atoms with van der Waals surface area (Å²) in [7, 11) is 7.90. The number of hydrogen-bond donors (Lipinski definition) is 0. The van der Waals surface area contributed by atoms with Gasteiger partial charge in [-0.05, 0) is 12.1 Å². The molecule has 0 fully saturated rings. The SMILES string of the molecule is CN(C)C(=NCc1c(Cl)cccc1-n1ccnc1)N(C)C. The number of aliphatic imine (C=N–C) groups is 1. The molecule has 0 atom stereocenters. The van der Waals surface area contributed by atoms with E-state index in [-0.39, 0.29) is 0 Å². The van der Waals surface area contributed by atoms with Crippen molar-refractivity contribution in [3.8, 4) is 5.69 Å². The molecule has 0 aliphatic rings. The van der Waals surface area contributed by atoms with Gasteiger partial charge < -0.3 is 14.4 Å². The van der Waals surface area contributed by atoms with Crippen LogP contribution in [0, 0.1) is 0 Å². The maximum Gasteiger partial charge on any atom is 0.195 e. The lowest BCUT2D eigenvalue weighted by Crippen LogP contribution is -2.35. The van der Waals surface area contributed by atoms with E-state index in [9.17, 15) is 0 Å². The highest BCUT2D eigenvalue weighted by Gasteiger charge is 2.10. The third-order valence-electron chi connectivity index (χ3n) is 3.06. The third kappa shape index (κ3) is 3.55. The predicted molar refractivity (Wildman–Crippen MR) is 87.1 cm³/mol. The Hall–Kier alpha value is -2.01. The van der Waals surface area contributed by atoms with E-state index in [2.05, 4.69) is 9.98 Å². The van der Waals surface area contributed by atoms with E-state index in [1.807, 2.05) is 67.0 Å². The molecule has 0 amide bonds. The second-order valence-electron chi connectivity index (χ2n) is 5.11. The lowest BCUT2D eigenvalue weighted by molar-refractivity contribution is 0.479. The molecule has 0 aliphatic heterocycles. The largest absolute Gasteiger partial charge is 0.349 e. The Bertz CT molecular complexity index is 607. The van der Waals surface area contributed by atoms with Crippen molar-refractivity contribution < 1.29 is 0 Å². The van der Waals surface area contributed by atoms with E-state index in [1.165, 1.54) is 0 Å². The van der Waals surface area contributed by atoms with Crippen LogP contribution >= 0.6 is 11.6 Å². The number of benzene rings is 1. The van der Waals surface area contributed by atoms with Crippen molar-refractivity contribution >= 4 is 17.6 Å². The number of imidazole rings is 1. The lowest BCUT2D eigenvalue weighted by Gasteiger charge is -2.23. The van der Waals surface area contributed by atoms with Gasteiger partial charge in [0.1, 0.15) is 0 Å². The van der Waals surface area contributed by atoms with Crippen molar-refractivity contribution in [2.45, 2.75) is 6.54 Å². The van der Waals surface area contributed by atoms with Gasteiger partial charge in [-0.3, -0.25) is 0 Å². The summed E-state index contributed by atoms with van der Waals surface area (Å²) in [6.07, 6.45) is 5.41. The standard InChI is InChI=1S/C15H20ClN5/c1-19(2)15(20(3)4)18-10-12-13(16)6-5-7-14(12)21-9-8-17-11-21/h5-9,11H,10H2,1-4H3. The van der Waals surface area contributed by atoms with Gasteiger partial charge >= 0.3 is 0 Å². The fraction of sp³-hybridized carbons (Fsp3) is 0.333. The van der Waals surface area contributed by atoms with Crippen LogP contribution in [0.4, 0.5) is 0 Å². The topological polar surface area (TPSA) is 36.7 Å². The molecule has 0 aliphatic carbocycles. The number of rotatable bonds is 3. The zero-order chi connectivity index (χ0) is 15.4. The van der Waals surface area contributed by atoms with Crippen LogP contribution < -0.4 is 0 Å². The van der Waals surface area contributed by atoms with Crippen LogP contribution in [-0.4, -0.2) is 53.5 Å². The number of guanidine groups is 1. The van der Waals surface area contributed by atoms with Gasteiger partial charge in [-0.15, -0.1) is 0 Å². The minimum atomic E-state index is 0.513. The minimum absolute atomic E-state index is 0.513. The van der Waals surface area contributed by atoms with Crippen molar-refractivity contribution in [2.24, 2.45) is 4.99 Å². The van der Waals surface area contributed by atoms with Crippen LogP contribution in [0.5, 0.6) is 0 Å². The van der Waals surface area contributed by atoms with Gasteiger partial charge in [-0.1, -0.05) is 17.7 Å². The molecule has 6 heteroatoms. The first-order valence-electron chi connectivity index (χ1n) is 6.65. The summed E-state index contributed by atoms with van der Waals surface area (Å²) in [6, 6.07) is 5.84. The molecule has 2 rings (SSSR count). The van der Waals surface area contributed by atoms with Crippen LogP contribution in [0.2, 0.25) is 5.02 Å². The van der Waals surface area contributed by atoms with Crippen molar-refractivity contribution in [3.63, 3.8) is 0 Å². The summed E-state index contributed by atoms with van der Waals surface area (Å²) in [5, 5.41) is 0.710. The van der Waals surface area contributed by atoms with E-state index >= 15 is 0 Å². The molecule has 0 bridgehead atoms. The van der Waals surface area contributed by atoms with Gasteiger partial charge in [0.25, 0.3) is 0 Å². The number of aromatic nitrogens is 2. The van der Waals surface area contributed by atoms with E-state index in [1.54, 1.807) is 12.5 Å². The molecule has 2 aromatic rings. The number of hydrogen-bond acceptors (Lipinski definition) is 2. The van der Waals surface area contributed by atoms with E-state index in [0.717, 1.165) is 17.2 Å². The molecular weight excluding hydrogens is 286 g/mol. The molecular formula is C15H20ClN5. The molecule has 5 nitrogen and oxygen atoms in total. The lowest BCUT2D eigenvalue weighted by atomic mass is 10.1. The molecule has 1 aromatic heterocycles. The molecule has 0 unspecified atom stereocenters. The van der Waals surface area contributed by atoms with Crippen LogP contribution in [0.1, 0.15) is 5.56 Å². The normalized spacial score (nSPS) is 10.3. The molecule has 0 spiro atoms. The summed E-state index contributed by atoms with van der Waals surface area (Å²) >= 11 is 6.36. The number of halogens is 1. The maximum absolute atomic E-state index is 6.36. The Morgan fingerprint density at radius 2 is 1.95 bits per heavy atom. The van der Waals surface area contributed by atoms with E-state index < -0.39 is 0 Å². The summed E-state index contributed by atoms with van der Waals surface area (Å²) in [4.78, 5) is 12.7. The Kier molecular flexibility index (Phi) is 4.85. The molecule has 0 radical (unpaired) electrons. The van der Waals surface area contributed by atoms with Crippen LogP contribution in [0.25, 0.3) is 5.69 Å². The Labute approximate surface area is 130 Å². The fourth-order valence-electron chi connectivity index (χ4n) is 2.18. The van der Waals surface area contributed by atoms with Gasteiger partial charge in [0, 0.05) is 51.2 Å². The zero-order valence-corrected chi connectivity index (χ0v) is 13.5. The Morgan fingerprint density at radius 3 is 2.52 bits per heavy atom.